The Morgan fingerprint density at radius 3 is 2.42 bits per heavy atom. The molecule has 0 saturated heterocycles. The molecule has 0 saturated carbocycles. The molecule has 108 valence electrons. The molecule has 3 heteroatoms. The van der Waals surface area contributed by atoms with Crippen LogP contribution in [0.2, 0.25) is 0 Å². The predicted octanol–water partition coefficient (Wildman–Crippen LogP) is 4.70. The van der Waals surface area contributed by atoms with Gasteiger partial charge in [0, 0.05) is 11.0 Å². The van der Waals surface area contributed by atoms with E-state index in [1.807, 2.05) is 0 Å². The minimum absolute atomic E-state index is 0.140. The first kappa shape index (κ1) is 16.7. The molecule has 2 atom stereocenters. The van der Waals surface area contributed by atoms with E-state index in [-0.39, 0.29) is 6.10 Å². The van der Waals surface area contributed by atoms with Gasteiger partial charge in [0.05, 0.1) is 12.2 Å². The zero-order valence-electron chi connectivity index (χ0n) is 12.3. The average Bonchev–Trinajstić information content (AvgIpc) is 2.39. The number of hydrogen-bond acceptors (Lipinski definition) is 2. The minimum atomic E-state index is 0.140. The maximum Gasteiger partial charge on any atom is 0.0952 e. The highest BCUT2D eigenvalue weighted by Gasteiger charge is 2.15. The lowest BCUT2D eigenvalue weighted by molar-refractivity contribution is -0.00712. The molecule has 0 aromatic heterocycles. The Hall–Kier alpha value is -0.380. The smallest absolute Gasteiger partial charge is 0.0952 e. The average molecular weight is 328 g/mol. The van der Waals surface area contributed by atoms with Gasteiger partial charge < -0.3 is 10.1 Å². The second kappa shape index (κ2) is 9.51. The van der Waals surface area contributed by atoms with E-state index in [1.54, 1.807) is 0 Å². The van der Waals surface area contributed by atoms with Crippen LogP contribution in [0, 0.1) is 0 Å². The van der Waals surface area contributed by atoms with Crippen molar-refractivity contribution in [3.8, 4) is 0 Å². The SMILES string of the molecule is CCCNCC(OC(C)CCC)c1ccc(Br)cc1. The zero-order valence-corrected chi connectivity index (χ0v) is 13.9. The van der Waals surface area contributed by atoms with Crippen molar-refractivity contribution in [2.45, 2.75) is 52.2 Å². The van der Waals surface area contributed by atoms with Crippen LogP contribution in [0.5, 0.6) is 0 Å². The van der Waals surface area contributed by atoms with E-state index in [9.17, 15) is 0 Å². The van der Waals surface area contributed by atoms with Gasteiger partial charge in [0.15, 0.2) is 0 Å². The van der Waals surface area contributed by atoms with Crippen molar-refractivity contribution in [3.05, 3.63) is 34.3 Å². The van der Waals surface area contributed by atoms with Gasteiger partial charge in [0.25, 0.3) is 0 Å². The van der Waals surface area contributed by atoms with Crippen molar-refractivity contribution >= 4 is 15.9 Å². The van der Waals surface area contributed by atoms with Crippen LogP contribution >= 0.6 is 15.9 Å². The van der Waals surface area contributed by atoms with Gasteiger partial charge in [-0.3, -0.25) is 0 Å². The molecular weight excluding hydrogens is 302 g/mol. The van der Waals surface area contributed by atoms with Crippen molar-refractivity contribution in [1.29, 1.82) is 0 Å². The van der Waals surface area contributed by atoms with Gasteiger partial charge in [0.1, 0.15) is 0 Å². The molecule has 0 aliphatic rings. The molecule has 0 amide bonds. The van der Waals surface area contributed by atoms with Crippen LogP contribution in [-0.2, 0) is 4.74 Å². The summed E-state index contributed by atoms with van der Waals surface area (Å²) in [4.78, 5) is 0. The highest BCUT2D eigenvalue weighted by atomic mass is 79.9. The molecule has 1 rings (SSSR count). The fourth-order valence-corrected chi connectivity index (χ4v) is 2.35. The van der Waals surface area contributed by atoms with Gasteiger partial charge in [-0.2, -0.15) is 0 Å². The van der Waals surface area contributed by atoms with Gasteiger partial charge >= 0.3 is 0 Å². The highest BCUT2D eigenvalue weighted by Crippen LogP contribution is 2.22. The van der Waals surface area contributed by atoms with E-state index in [0.29, 0.717) is 6.10 Å². The van der Waals surface area contributed by atoms with E-state index in [1.165, 1.54) is 5.56 Å². The van der Waals surface area contributed by atoms with Gasteiger partial charge in [0.2, 0.25) is 0 Å². The molecule has 0 heterocycles. The molecule has 2 unspecified atom stereocenters. The summed E-state index contributed by atoms with van der Waals surface area (Å²) in [6, 6.07) is 8.44. The third-order valence-electron chi connectivity index (χ3n) is 3.09. The number of rotatable bonds is 9. The Morgan fingerprint density at radius 1 is 1.16 bits per heavy atom. The monoisotopic (exact) mass is 327 g/mol. The Labute approximate surface area is 126 Å². The lowest BCUT2D eigenvalue weighted by atomic mass is 10.1. The first-order chi connectivity index (χ1) is 9.17. The Bertz CT molecular complexity index is 339. The number of halogens is 1. The Kier molecular flexibility index (Phi) is 8.35. The zero-order chi connectivity index (χ0) is 14.1. The summed E-state index contributed by atoms with van der Waals surface area (Å²) < 4.78 is 7.29. The number of benzene rings is 1. The van der Waals surface area contributed by atoms with Crippen LogP contribution in [0.3, 0.4) is 0 Å². The van der Waals surface area contributed by atoms with Crippen molar-refractivity contribution in [3.63, 3.8) is 0 Å². The quantitative estimate of drug-likeness (QED) is 0.664. The molecule has 0 aliphatic heterocycles. The maximum atomic E-state index is 6.19. The van der Waals surface area contributed by atoms with E-state index in [0.717, 1.165) is 36.8 Å². The standard InChI is InChI=1S/C16H26BrNO/c1-4-6-13(3)19-16(12-18-11-5-2)14-7-9-15(17)10-8-14/h7-10,13,16,18H,4-6,11-12H2,1-3H3. The van der Waals surface area contributed by atoms with Crippen molar-refractivity contribution in [2.24, 2.45) is 0 Å². The fraction of sp³-hybridized carbons (Fsp3) is 0.625. The summed E-state index contributed by atoms with van der Waals surface area (Å²) in [5.74, 6) is 0. The molecule has 0 fully saturated rings. The predicted molar refractivity (Wildman–Crippen MR) is 85.5 cm³/mol. The van der Waals surface area contributed by atoms with Crippen LogP contribution < -0.4 is 5.32 Å². The van der Waals surface area contributed by atoms with E-state index < -0.39 is 0 Å². The molecular formula is C16H26BrNO. The molecule has 19 heavy (non-hydrogen) atoms. The number of hydrogen-bond donors (Lipinski definition) is 1. The molecule has 0 aliphatic carbocycles. The summed E-state index contributed by atoms with van der Waals surface area (Å²) in [5.41, 5.74) is 1.25. The topological polar surface area (TPSA) is 21.3 Å². The number of ether oxygens (including phenoxy) is 1. The van der Waals surface area contributed by atoms with Gasteiger partial charge in [-0.05, 0) is 44.0 Å². The van der Waals surface area contributed by atoms with Crippen molar-refractivity contribution in [2.75, 3.05) is 13.1 Å². The number of nitrogens with one attached hydrogen (secondary N) is 1. The van der Waals surface area contributed by atoms with E-state index >= 15 is 0 Å². The van der Waals surface area contributed by atoms with Crippen LogP contribution in [-0.4, -0.2) is 19.2 Å². The second-order valence-electron chi connectivity index (χ2n) is 4.98. The summed E-state index contributed by atoms with van der Waals surface area (Å²) >= 11 is 3.48. The summed E-state index contributed by atoms with van der Waals surface area (Å²) in [6.07, 6.45) is 3.87. The Morgan fingerprint density at radius 2 is 1.84 bits per heavy atom. The van der Waals surface area contributed by atoms with Crippen LogP contribution in [0.1, 0.15) is 51.7 Å². The van der Waals surface area contributed by atoms with Crippen LogP contribution in [0.4, 0.5) is 0 Å². The third kappa shape index (κ3) is 6.55. The third-order valence-corrected chi connectivity index (χ3v) is 3.62. The highest BCUT2D eigenvalue weighted by molar-refractivity contribution is 9.10. The minimum Gasteiger partial charge on any atom is -0.369 e. The van der Waals surface area contributed by atoms with E-state index in [4.69, 9.17) is 4.74 Å². The summed E-state index contributed by atoms with van der Waals surface area (Å²) in [5, 5.41) is 3.46. The van der Waals surface area contributed by atoms with Crippen molar-refractivity contribution in [1.82, 2.24) is 5.32 Å². The largest absolute Gasteiger partial charge is 0.369 e. The maximum absolute atomic E-state index is 6.19. The molecule has 1 aromatic rings. The summed E-state index contributed by atoms with van der Waals surface area (Å²) in [6.45, 7) is 8.46. The molecule has 0 bridgehead atoms. The second-order valence-corrected chi connectivity index (χ2v) is 5.90. The normalized spacial score (nSPS) is 14.3. The van der Waals surface area contributed by atoms with Crippen molar-refractivity contribution < 1.29 is 4.74 Å². The first-order valence-corrected chi connectivity index (χ1v) is 8.08. The summed E-state index contributed by atoms with van der Waals surface area (Å²) in [7, 11) is 0. The van der Waals surface area contributed by atoms with Crippen LogP contribution in [0.15, 0.2) is 28.7 Å². The molecule has 1 aromatic carbocycles. The first-order valence-electron chi connectivity index (χ1n) is 7.29. The molecule has 1 N–H and O–H groups in total. The lowest BCUT2D eigenvalue weighted by Gasteiger charge is -2.23. The molecule has 0 spiro atoms. The van der Waals surface area contributed by atoms with Gasteiger partial charge in [-0.25, -0.2) is 0 Å². The fourth-order valence-electron chi connectivity index (χ4n) is 2.09. The van der Waals surface area contributed by atoms with Gasteiger partial charge in [-0.1, -0.05) is 48.3 Å². The Balaban J connectivity index is 2.64. The van der Waals surface area contributed by atoms with E-state index in [2.05, 4.69) is 66.3 Å². The lowest BCUT2D eigenvalue weighted by Crippen LogP contribution is -2.26. The van der Waals surface area contributed by atoms with Gasteiger partial charge in [-0.15, -0.1) is 0 Å². The molecule has 2 nitrogen and oxygen atoms in total. The molecule has 0 radical (unpaired) electrons. The van der Waals surface area contributed by atoms with Crippen LogP contribution in [0.25, 0.3) is 0 Å².